The third-order valence-corrected chi connectivity index (χ3v) is 7.59. The van der Waals surface area contributed by atoms with Gasteiger partial charge in [0.2, 0.25) is 5.95 Å². The molecule has 0 radical (unpaired) electrons. The molecular formula is C38H49N7O. The second-order valence-electron chi connectivity index (χ2n) is 10.9. The van der Waals surface area contributed by atoms with E-state index in [0.717, 1.165) is 48.8 Å². The van der Waals surface area contributed by atoms with Crippen molar-refractivity contribution in [2.75, 3.05) is 18.0 Å². The first-order chi connectivity index (χ1) is 22.4. The molecule has 1 aliphatic rings. The number of nitrogens with two attached hydrogens (primary N) is 3. The summed E-state index contributed by atoms with van der Waals surface area (Å²) in [5.41, 5.74) is 23.1. The second-order valence-corrected chi connectivity index (χ2v) is 10.9. The molecule has 4 rings (SSSR count). The van der Waals surface area contributed by atoms with Crippen LogP contribution in [0.5, 0.6) is 5.75 Å². The van der Waals surface area contributed by atoms with E-state index in [1.807, 2.05) is 74.5 Å². The van der Waals surface area contributed by atoms with Crippen LogP contribution in [-0.4, -0.2) is 40.0 Å². The number of aromatic nitrogens is 2. The molecule has 8 nitrogen and oxygen atoms in total. The number of unbranched alkanes of at least 4 members (excludes halogenated alkanes) is 3. The number of hydrogen-bond acceptors (Lipinski definition) is 8. The van der Waals surface area contributed by atoms with E-state index in [-0.39, 0.29) is 17.9 Å². The Hall–Kier alpha value is -5.08. The molecule has 46 heavy (non-hydrogen) atoms. The average Bonchev–Trinajstić information content (AvgIpc) is 3.09. The summed E-state index contributed by atoms with van der Waals surface area (Å²) < 4.78 is 6.15. The van der Waals surface area contributed by atoms with Gasteiger partial charge in [-0.25, -0.2) is 9.97 Å². The third kappa shape index (κ3) is 9.97. The van der Waals surface area contributed by atoms with Gasteiger partial charge in [0.25, 0.3) is 0 Å². The normalized spacial score (nSPS) is 15.8. The number of benzene rings is 2. The lowest BCUT2D eigenvalue weighted by Gasteiger charge is -2.46. The number of nitrogens with zero attached hydrogens (tertiary/aromatic N) is 4. The number of allylic oxidation sites excluding steroid dienone is 1. The fraction of sp³-hybridized carbons (Fsp3) is 0.368. The zero-order valence-corrected chi connectivity index (χ0v) is 27.7. The SMILES string of the molecule is C#CCCCCC#Cc1cnc(N2C(C)CN(C(/C=C(\N)c3ccccc3OCc3ccccc3)=C(N)N)CC2CC)nc1.CC. The van der Waals surface area contributed by atoms with Crippen LogP contribution in [0.4, 0.5) is 5.95 Å². The summed E-state index contributed by atoms with van der Waals surface area (Å²) in [5.74, 6) is 10.6. The Morgan fingerprint density at radius 2 is 1.65 bits per heavy atom. The van der Waals surface area contributed by atoms with Gasteiger partial charge in [-0.1, -0.05) is 75.1 Å². The highest BCUT2D eigenvalue weighted by Crippen LogP contribution is 2.29. The Morgan fingerprint density at radius 3 is 2.33 bits per heavy atom. The van der Waals surface area contributed by atoms with E-state index >= 15 is 0 Å². The molecule has 2 atom stereocenters. The van der Waals surface area contributed by atoms with Gasteiger partial charge in [-0.15, -0.1) is 12.3 Å². The van der Waals surface area contributed by atoms with Crippen LogP contribution >= 0.6 is 0 Å². The van der Waals surface area contributed by atoms with Crippen molar-refractivity contribution in [2.24, 2.45) is 17.2 Å². The van der Waals surface area contributed by atoms with Crippen LogP contribution < -0.4 is 26.8 Å². The van der Waals surface area contributed by atoms with Gasteiger partial charge < -0.3 is 31.7 Å². The van der Waals surface area contributed by atoms with Crippen LogP contribution in [0.15, 0.2) is 84.6 Å². The molecule has 1 fully saturated rings. The van der Waals surface area contributed by atoms with Crippen molar-refractivity contribution in [3.8, 4) is 29.9 Å². The molecule has 0 bridgehead atoms. The third-order valence-electron chi connectivity index (χ3n) is 7.59. The molecule has 0 saturated carbocycles. The predicted molar refractivity (Wildman–Crippen MR) is 190 cm³/mol. The monoisotopic (exact) mass is 619 g/mol. The van der Waals surface area contributed by atoms with Gasteiger partial charge in [-0.3, -0.25) is 0 Å². The Labute approximate surface area is 275 Å². The zero-order chi connectivity index (χ0) is 33.3. The highest BCUT2D eigenvalue weighted by atomic mass is 16.5. The van der Waals surface area contributed by atoms with E-state index in [0.29, 0.717) is 42.8 Å². The fourth-order valence-electron chi connectivity index (χ4n) is 5.34. The van der Waals surface area contributed by atoms with E-state index in [4.69, 9.17) is 28.4 Å². The van der Waals surface area contributed by atoms with Crippen LogP contribution in [0.25, 0.3) is 5.70 Å². The minimum atomic E-state index is 0.0901. The van der Waals surface area contributed by atoms with Crippen LogP contribution in [0, 0.1) is 24.2 Å². The second kappa shape index (κ2) is 18.7. The van der Waals surface area contributed by atoms with E-state index in [9.17, 15) is 0 Å². The molecule has 3 aromatic rings. The van der Waals surface area contributed by atoms with Gasteiger partial charge in [0, 0.05) is 61.7 Å². The summed E-state index contributed by atoms with van der Waals surface area (Å²) in [6.07, 6.45) is 15.2. The molecule has 1 aromatic heterocycles. The molecule has 2 aromatic carbocycles. The topological polar surface area (TPSA) is 120 Å². The van der Waals surface area contributed by atoms with Gasteiger partial charge >= 0.3 is 0 Å². The first-order valence-corrected chi connectivity index (χ1v) is 16.2. The summed E-state index contributed by atoms with van der Waals surface area (Å²) in [5, 5.41) is 0. The summed E-state index contributed by atoms with van der Waals surface area (Å²) in [4.78, 5) is 13.8. The highest BCUT2D eigenvalue weighted by molar-refractivity contribution is 5.70. The lowest BCUT2D eigenvalue weighted by atomic mass is 10.0. The van der Waals surface area contributed by atoms with Crippen molar-refractivity contribution < 1.29 is 4.74 Å². The minimum Gasteiger partial charge on any atom is -0.488 e. The summed E-state index contributed by atoms with van der Waals surface area (Å²) in [6, 6.07) is 18.0. The van der Waals surface area contributed by atoms with E-state index in [1.54, 1.807) is 12.4 Å². The largest absolute Gasteiger partial charge is 0.488 e. The number of hydrogen-bond donors (Lipinski definition) is 3. The number of para-hydroxylation sites is 1. The lowest BCUT2D eigenvalue weighted by molar-refractivity contribution is 0.238. The Balaban J connectivity index is 0.00000282. The quantitative estimate of drug-likeness (QED) is 0.136. The maximum Gasteiger partial charge on any atom is 0.225 e. The molecule has 2 heterocycles. The van der Waals surface area contributed by atoms with Gasteiger partial charge in [0.1, 0.15) is 18.2 Å². The lowest BCUT2D eigenvalue weighted by Crippen LogP contribution is -2.58. The van der Waals surface area contributed by atoms with Gasteiger partial charge in [-0.2, -0.15) is 0 Å². The minimum absolute atomic E-state index is 0.0901. The van der Waals surface area contributed by atoms with Crippen LogP contribution in [-0.2, 0) is 6.61 Å². The molecule has 0 spiro atoms. The van der Waals surface area contributed by atoms with Crippen molar-refractivity contribution in [3.05, 3.63) is 101 Å². The van der Waals surface area contributed by atoms with E-state index in [2.05, 4.69) is 51.4 Å². The molecule has 1 aliphatic heterocycles. The first-order valence-electron chi connectivity index (χ1n) is 16.2. The van der Waals surface area contributed by atoms with Crippen LogP contribution in [0.1, 0.15) is 76.5 Å². The number of terminal acetylenes is 1. The molecule has 242 valence electrons. The zero-order valence-electron chi connectivity index (χ0n) is 27.7. The smallest absolute Gasteiger partial charge is 0.225 e. The van der Waals surface area contributed by atoms with Crippen LogP contribution in [0.3, 0.4) is 0 Å². The van der Waals surface area contributed by atoms with Crippen molar-refractivity contribution in [2.45, 2.75) is 78.5 Å². The molecule has 6 N–H and O–H groups in total. The molecule has 2 unspecified atom stereocenters. The summed E-state index contributed by atoms with van der Waals surface area (Å²) in [7, 11) is 0. The van der Waals surface area contributed by atoms with Crippen molar-refractivity contribution >= 4 is 11.6 Å². The van der Waals surface area contributed by atoms with Crippen molar-refractivity contribution in [3.63, 3.8) is 0 Å². The van der Waals surface area contributed by atoms with Crippen molar-refractivity contribution in [1.29, 1.82) is 0 Å². The maximum atomic E-state index is 6.67. The molecule has 8 heteroatoms. The molecule has 1 saturated heterocycles. The Bertz CT molecular complexity index is 1530. The number of anilines is 1. The van der Waals surface area contributed by atoms with E-state index in [1.165, 1.54) is 0 Å². The molecular weight excluding hydrogens is 570 g/mol. The van der Waals surface area contributed by atoms with Gasteiger partial charge in [0.05, 0.1) is 11.3 Å². The Kier molecular flexibility index (Phi) is 14.4. The fourth-order valence-corrected chi connectivity index (χ4v) is 5.34. The number of piperazine rings is 1. The number of rotatable bonds is 11. The molecule has 0 amide bonds. The summed E-state index contributed by atoms with van der Waals surface area (Å²) in [6.45, 7) is 10.1. The maximum absolute atomic E-state index is 6.67. The van der Waals surface area contributed by atoms with Crippen LogP contribution in [0.2, 0.25) is 0 Å². The highest BCUT2D eigenvalue weighted by Gasteiger charge is 2.34. The average molecular weight is 620 g/mol. The predicted octanol–water partition coefficient (Wildman–Crippen LogP) is 6.00. The molecule has 0 aliphatic carbocycles. The standard InChI is InChI=1S/C36H43N7O.C2H6/c1-4-6-7-8-9-11-18-29-22-40-36(41-23-29)43-27(3)24-42(25-30(43)5-2)33(35(38)39)21-32(37)31-19-14-15-20-34(31)44-26-28-16-12-10-13-17-28;1-2/h1,10,12-17,19-23,27,30H,5-9,24-26,37-39H2,2-3H3;1-2H3/b32-21-;. The number of ether oxygens (including phenoxy) is 1. The summed E-state index contributed by atoms with van der Waals surface area (Å²) >= 11 is 0. The van der Waals surface area contributed by atoms with Gasteiger partial charge in [0.15, 0.2) is 0 Å². The first kappa shape index (κ1) is 35.4. The van der Waals surface area contributed by atoms with Gasteiger partial charge in [-0.05, 0) is 50.0 Å². The Morgan fingerprint density at radius 1 is 0.978 bits per heavy atom. The van der Waals surface area contributed by atoms with Crippen molar-refractivity contribution in [1.82, 2.24) is 14.9 Å². The van der Waals surface area contributed by atoms with E-state index < -0.39 is 0 Å².